The number of aliphatic hydroxyl groups excluding tert-OH is 1. The number of nitrogens with two attached hydrogens (primary N) is 7. The molecule has 0 aromatic heterocycles. The molecule has 50 heteroatoms. The van der Waals surface area contributed by atoms with E-state index >= 15 is 0 Å². The van der Waals surface area contributed by atoms with E-state index < -0.39 is 329 Å². The second-order valence-electron chi connectivity index (χ2n) is 30.0. The molecule has 34 N–H and O–H groups in total. The molecule has 694 valence electrons. The monoisotopic (exact) mass is 1760 g/mol. The lowest BCUT2D eigenvalue weighted by Gasteiger charge is -2.29. The molecule has 0 aromatic carbocycles. The summed E-state index contributed by atoms with van der Waals surface area (Å²) in [5, 5.41) is 89.5. The van der Waals surface area contributed by atoms with Gasteiger partial charge in [0.05, 0.1) is 31.9 Å². The summed E-state index contributed by atoms with van der Waals surface area (Å²) in [5.74, 6) is -31.6. The topological polar surface area (TPSA) is 865 Å². The Morgan fingerprint density at radius 2 is 0.561 bits per heavy atom. The highest BCUT2D eigenvalue weighted by Crippen LogP contribution is 2.16. The lowest BCUT2D eigenvalue weighted by atomic mass is 9.97. The number of carbonyl (C=O) groups is 23. The van der Waals surface area contributed by atoms with Crippen molar-refractivity contribution < 1.29 is 141 Å². The van der Waals surface area contributed by atoms with Gasteiger partial charge in [0.25, 0.3) is 0 Å². The molecule has 0 bridgehead atoms. The van der Waals surface area contributed by atoms with Crippen LogP contribution < -0.4 is 115 Å². The first-order valence-electron chi connectivity index (χ1n) is 39.7. The Labute approximate surface area is 707 Å². The van der Waals surface area contributed by atoms with Gasteiger partial charge in [-0.15, -0.1) is 0 Å². The van der Waals surface area contributed by atoms with Crippen LogP contribution in [0.2, 0.25) is 0 Å². The molecule has 0 rings (SSSR count). The van der Waals surface area contributed by atoms with Crippen LogP contribution in [0.15, 0.2) is 0 Å². The Morgan fingerprint density at radius 1 is 0.285 bits per heavy atom. The number of unbranched alkanes of at least 4 members (excludes halogenated alkanes) is 2. The van der Waals surface area contributed by atoms with E-state index in [0.717, 1.165) is 6.92 Å². The molecule has 123 heavy (non-hydrogen) atoms. The van der Waals surface area contributed by atoms with Crippen molar-refractivity contribution in [3.63, 3.8) is 0 Å². The van der Waals surface area contributed by atoms with Gasteiger partial charge < -0.3 is 145 Å². The van der Waals surface area contributed by atoms with Gasteiger partial charge in [-0.3, -0.25) is 105 Å². The van der Waals surface area contributed by atoms with E-state index in [0.29, 0.717) is 19.4 Å². The van der Waals surface area contributed by atoms with E-state index in [9.17, 15) is 141 Å². The van der Waals surface area contributed by atoms with Crippen molar-refractivity contribution in [1.29, 1.82) is 0 Å². The first-order valence-corrected chi connectivity index (χ1v) is 39.7. The van der Waals surface area contributed by atoms with Crippen molar-refractivity contribution in [3.8, 4) is 0 Å². The minimum atomic E-state index is -2.25. The third-order valence-corrected chi connectivity index (χ3v) is 18.5. The molecule has 0 saturated carbocycles. The molecule has 50 nitrogen and oxygen atoms in total. The maximum atomic E-state index is 14.5. The van der Waals surface area contributed by atoms with Gasteiger partial charge in [0.2, 0.25) is 106 Å². The van der Waals surface area contributed by atoms with Gasteiger partial charge in [0.1, 0.15) is 84.6 Å². The largest absolute Gasteiger partial charge is 0.481 e. The van der Waals surface area contributed by atoms with E-state index in [1.807, 2.05) is 5.32 Å². The molecule has 0 aliphatic rings. The second kappa shape index (κ2) is 57.8. The van der Waals surface area contributed by atoms with Crippen molar-refractivity contribution >= 4 is 136 Å². The molecule has 0 aromatic rings. The van der Waals surface area contributed by atoms with E-state index in [2.05, 4.69) is 69.1 Å². The van der Waals surface area contributed by atoms with Gasteiger partial charge in [0.15, 0.2) is 0 Å². The number of amides is 18. The smallest absolute Gasteiger partial charge is 0.328 e. The lowest BCUT2D eigenvalue weighted by molar-refractivity contribution is -0.144. The zero-order chi connectivity index (χ0) is 94.2. The first-order chi connectivity index (χ1) is 57.4. The molecule has 0 aliphatic heterocycles. The summed E-state index contributed by atoms with van der Waals surface area (Å²) in [6, 6.07) is -27.1. The van der Waals surface area contributed by atoms with Crippen LogP contribution in [-0.4, -0.2) is 277 Å². The minimum absolute atomic E-state index is 0.0298. The molecular formula is C73H123N21O29. The highest BCUT2D eigenvalue weighted by Gasteiger charge is 2.40. The quantitative estimate of drug-likeness (QED) is 0.0251. The Kier molecular flexibility index (Phi) is 52.0. The number of aliphatic hydroxyl groups is 1. The lowest BCUT2D eigenvalue weighted by Crippen LogP contribution is -2.61. The molecular weight excluding hydrogens is 1630 g/mol. The Bertz CT molecular complexity index is 3700. The molecule has 0 radical (unpaired) electrons. The van der Waals surface area contributed by atoms with Crippen LogP contribution in [0, 0.1) is 17.8 Å². The van der Waals surface area contributed by atoms with E-state index in [1.54, 1.807) is 34.6 Å². The number of carbonyl (C=O) groups excluding carboxylic acids is 18. The van der Waals surface area contributed by atoms with Crippen molar-refractivity contribution in [2.45, 2.75) is 280 Å². The van der Waals surface area contributed by atoms with Crippen LogP contribution >= 0.6 is 0 Å². The van der Waals surface area contributed by atoms with Crippen molar-refractivity contribution in [1.82, 2.24) is 74.4 Å². The number of aliphatic carboxylic acids is 5. The van der Waals surface area contributed by atoms with Gasteiger partial charge in [0, 0.05) is 32.1 Å². The number of hydrogen-bond acceptors (Lipinski definition) is 27. The number of nitrogens with one attached hydrogen (secondary N) is 14. The summed E-state index contributed by atoms with van der Waals surface area (Å²) in [7, 11) is 0. The molecule has 0 heterocycles. The molecule has 0 fully saturated rings. The maximum absolute atomic E-state index is 14.5. The standard InChI is InChI=1S/C73H123N21O29/c1-8-35(6)58(72(121)93-49(32-95)73(122)123)94-71(120)48(31-57(106)107)88-59(108)36(7)81-67(116)46(29-53(80)99)91-64(113)41(17-22-52(79)98)84-61(110)38(14-10-12-26-75)83-70(119)47(30-56(104)105)92-66(115)43(19-24-55(102)103)87-69(118)45(28-34(4)5)90-65(114)42(18-23-54(100)101)85-62(111)40(16-21-51(78)97)86-68(117)44(27-33(2)3)89-63(112)39(15-20-50(77)96)82-60(109)37(76)13-9-11-25-74/h33-49,58,95H,8-32,74-76H2,1-7H3,(H2,77,96)(H2,78,97)(H2,79,98)(H2,80,99)(H,81,116)(H,82,109)(H,83,119)(H,84,110)(H,85,111)(H,86,117)(H,87,118)(H,88,108)(H,89,112)(H,90,114)(H,91,113)(H,92,115)(H,93,121)(H,94,120)(H,100,101)(H,102,103)(H,104,105)(H,106,107)(H,122,123)/t35-,36-,37-,38-,39-,40-,41-,42-,43-,44-,45-,46-,47-,48-,49-,58-/m0/s1. The number of hydrogen-bond donors (Lipinski definition) is 27. The Morgan fingerprint density at radius 3 is 0.870 bits per heavy atom. The summed E-state index contributed by atoms with van der Waals surface area (Å²) in [6.07, 6.45) is -9.86. The zero-order valence-electron chi connectivity index (χ0n) is 69.7. The van der Waals surface area contributed by atoms with Gasteiger partial charge in [-0.05, 0) is 115 Å². The fourth-order valence-electron chi connectivity index (χ4n) is 11.5. The molecule has 16 atom stereocenters. The average Bonchev–Trinajstić information content (AvgIpc) is 0.853. The van der Waals surface area contributed by atoms with Crippen molar-refractivity contribution in [2.75, 3.05) is 19.7 Å². The summed E-state index contributed by atoms with van der Waals surface area (Å²) in [4.78, 5) is 304. The summed E-state index contributed by atoms with van der Waals surface area (Å²) in [6.45, 7) is 9.60. The van der Waals surface area contributed by atoms with Crippen LogP contribution in [0.3, 0.4) is 0 Å². The van der Waals surface area contributed by atoms with Crippen molar-refractivity contribution in [3.05, 3.63) is 0 Å². The highest BCUT2D eigenvalue weighted by molar-refractivity contribution is 6.02. The minimum Gasteiger partial charge on any atom is -0.481 e. The normalized spacial score (nSPS) is 15.0. The van der Waals surface area contributed by atoms with Crippen LogP contribution in [0.1, 0.15) is 190 Å². The van der Waals surface area contributed by atoms with Crippen LogP contribution in [0.25, 0.3) is 0 Å². The Balaban J connectivity index is 7.38. The third kappa shape index (κ3) is 45.8. The number of carboxylic acid groups (broad SMARTS) is 5. The third-order valence-electron chi connectivity index (χ3n) is 18.5. The maximum Gasteiger partial charge on any atom is 0.328 e. The second-order valence-corrected chi connectivity index (χ2v) is 30.0. The number of carboxylic acids is 5. The predicted molar refractivity (Wildman–Crippen MR) is 427 cm³/mol. The molecule has 0 spiro atoms. The Hall–Kier alpha value is -12.3. The van der Waals surface area contributed by atoms with E-state index in [1.165, 1.54) is 6.92 Å². The van der Waals surface area contributed by atoms with Gasteiger partial charge in [-0.2, -0.15) is 0 Å². The van der Waals surface area contributed by atoms with E-state index in [4.69, 9.17) is 40.1 Å². The van der Waals surface area contributed by atoms with Gasteiger partial charge >= 0.3 is 29.8 Å². The number of rotatable bonds is 65. The number of primary amides is 4. The van der Waals surface area contributed by atoms with Gasteiger partial charge in [-0.1, -0.05) is 54.4 Å². The molecule has 0 unspecified atom stereocenters. The fourth-order valence-corrected chi connectivity index (χ4v) is 11.5. The fraction of sp³-hybridized carbons (Fsp3) is 0.685. The molecule has 0 saturated heterocycles. The van der Waals surface area contributed by atoms with Crippen LogP contribution in [0.4, 0.5) is 0 Å². The van der Waals surface area contributed by atoms with E-state index in [-0.39, 0.29) is 57.4 Å². The van der Waals surface area contributed by atoms with Crippen molar-refractivity contribution in [2.24, 2.45) is 57.9 Å². The van der Waals surface area contributed by atoms with Crippen LogP contribution in [-0.2, 0) is 110 Å². The molecule has 0 aliphatic carbocycles. The summed E-state index contributed by atoms with van der Waals surface area (Å²) < 4.78 is 0. The molecule has 18 amide bonds. The summed E-state index contributed by atoms with van der Waals surface area (Å²) >= 11 is 0. The SMILES string of the molecule is CC[C@H](C)[C@H](NC(=O)[C@H](CC(=O)O)NC(=O)[C@H](C)NC(=O)[C@H](CC(N)=O)NC(=O)[C@H](CCC(N)=O)NC(=O)[C@H](CCCCN)NC(=O)[C@H](CC(=O)O)NC(=O)[C@H](CCC(=O)O)NC(=O)[C@H](CC(C)C)NC(=O)[C@H](CCC(=O)O)NC(=O)[C@H](CCC(N)=O)NC(=O)[C@H](CC(C)C)NC(=O)[C@H](CCC(N)=O)NC(=O)[C@@H](N)CCCCN)C(=O)N[C@@H](CO)C(=O)O. The zero-order valence-corrected chi connectivity index (χ0v) is 69.7. The first kappa shape index (κ1) is 111. The summed E-state index contributed by atoms with van der Waals surface area (Å²) in [5.41, 5.74) is 38.9. The average molecular weight is 1760 g/mol. The van der Waals surface area contributed by atoms with Crippen LogP contribution in [0.5, 0.6) is 0 Å². The van der Waals surface area contributed by atoms with Gasteiger partial charge in [-0.25, -0.2) is 4.79 Å². The predicted octanol–water partition coefficient (Wildman–Crippen LogP) is -10.1. The highest BCUT2D eigenvalue weighted by atomic mass is 16.4.